The third-order valence-electron chi connectivity index (χ3n) is 2.78. The van der Waals surface area contributed by atoms with E-state index in [9.17, 15) is 4.21 Å². The fourth-order valence-corrected chi connectivity index (χ4v) is 3.15. The zero-order valence-corrected chi connectivity index (χ0v) is 8.93. The highest BCUT2D eigenvalue weighted by Crippen LogP contribution is 2.29. The quantitative estimate of drug-likeness (QED) is 0.775. The van der Waals surface area contributed by atoms with E-state index in [-0.39, 0.29) is 0 Å². The van der Waals surface area contributed by atoms with Crippen molar-refractivity contribution in [3.05, 3.63) is 24.3 Å². The molecular formula is C11H15NOS. The van der Waals surface area contributed by atoms with Gasteiger partial charge in [0, 0.05) is 11.4 Å². The first-order valence-corrected chi connectivity index (χ1v) is 6.32. The Morgan fingerprint density at radius 1 is 1.36 bits per heavy atom. The number of rotatable bonds is 3. The van der Waals surface area contributed by atoms with Crippen molar-refractivity contribution in [1.29, 1.82) is 0 Å². The molecule has 2 nitrogen and oxygen atoms in total. The number of hydrogen-bond donors (Lipinski definition) is 1. The first-order valence-electron chi connectivity index (χ1n) is 5.00. The fourth-order valence-electron chi connectivity index (χ4n) is 1.65. The lowest BCUT2D eigenvalue weighted by Crippen LogP contribution is -2.19. The number of benzene rings is 1. The van der Waals surface area contributed by atoms with Gasteiger partial charge in [-0.1, -0.05) is 18.6 Å². The highest BCUT2D eigenvalue weighted by molar-refractivity contribution is 7.85. The standard InChI is InChI=1S/C11H15NOS/c12-10-6-1-2-7-11(10)14(13)8-9-4-3-5-9/h1-2,6-7,9H,3-5,8,12H2. The Morgan fingerprint density at radius 2 is 2.07 bits per heavy atom. The van der Waals surface area contributed by atoms with Crippen molar-refractivity contribution in [1.82, 2.24) is 0 Å². The molecule has 1 aromatic carbocycles. The van der Waals surface area contributed by atoms with Crippen LogP contribution in [0.15, 0.2) is 29.2 Å². The molecule has 3 heteroatoms. The predicted molar refractivity (Wildman–Crippen MR) is 59.5 cm³/mol. The van der Waals surface area contributed by atoms with Crippen LogP contribution in [0.1, 0.15) is 19.3 Å². The first-order chi connectivity index (χ1) is 6.77. The lowest BCUT2D eigenvalue weighted by Gasteiger charge is -2.24. The molecule has 0 amide bonds. The van der Waals surface area contributed by atoms with Gasteiger partial charge in [0.25, 0.3) is 0 Å². The second kappa shape index (κ2) is 4.13. The molecule has 0 aliphatic heterocycles. The van der Waals surface area contributed by atoms with Gasteiger partial charge >= 0.3 is 0 Å². The van der Waals surface area contributed by atoms with Gasteiger partial charge in [0.05, 0.1) is 15.7 Å². The highest BCUT2D eigenvalue weighted by Gasteiger charge is 2.21. The third-order valence-corrected chi connectivity index (χ3v) is 4.41. The molecule has 76 valence electrons. The van der Waals surface area contributed by atoms with Crippen molar-refractivity contribution in [3.8, 4) is 0 Å². The second-order valence-corrected chi connectivity index (χ2v) is 5.31. The maximum Gasteiger partial charge on any atom is 0.0617 e. The SMILES string of the molecule is Nc1ccccc1S(=O)CC1CCC1. The van der Waals surface area contributed by atoms with Crippen LogP contribution in [-0.4, -0.2) is 9.96 Å². The molecule has 1 aliphatic rings. The summed E-state index contributed by atoms with van der Waals surface area (Å²) in [6, 6.07) is 7.45. The molecule has 1 atom stereocenters. The summed E-state index contributed by atoms with van der Waals surface area (Å²) in [5, 5.41) is 0. The predicted octanol–water partition coefficient (Wildman–Crippen LogP) is 2.18. The van der Waals surface area contributed by atoms with Crippen LogP contribution < -0.4 is 5.73 Å². The van der Waals surface area contributed by atoms with E-state index >= 15 is 0 Å². The monoisotopic (exact) mass is 209 g/mol. The molecule has 0 aromatic heterocycles. The minimum Gasteiger partial charge on any atom is -0.398 e. The van der Waals surface area contributed by atoms with Gasteiger partial charge in [-0.15, -0.1) is 0 Å². The summed E-state index contributed by atoms with van der Waals surface area (Å²) in [4.78, 5) is 0.805. The minimum atomic E-state index is -0.899. The Labute approximate surface area is 87.0 Å². The zero-order valence-electron chi connectivity index (χ0n) is 8.11. The molecule has 1 fully saturated rings. The zero-order chi connectivity index (χ0) is 9.97. The van der Waals surface area contributed by atoms with Crippen molar-refractivity contribution < 1.29 is 4.21 Å². The molecule has 1 aromatic rings. The van der Waals surface area contributed by atoms with Crippen molar-refractivity contribution in [2.45, 2.75) is 24.2 Å². The van der Waals surface area contributed by atoms with Crippen molar-refractivity contribution >= 4 is 16.5 Å². The van der Waals surface area contributed by atoms with Gasteiger partial charge in [-0.3, -0.25) is 4.21 Å². The number of anilines is 1. The van der Waals surface area contributed by atoms with E-state index in [1.807, 2.05) is 24.3 Å². The average molecular weight is 209 g/mol. The van der Waals surface area contributed by atoms with Gasteiger partial charge in [0.1, 0.15) is 0 Å². The summed E-state index contributed by atoms with van der Waals surface area (Å²) < 4.78 is 11.9. The Kier molecular flexibility index (Phi) is 2.87. The molecule has 14 heavy (non-hydrogen) atoms. The van der Waals surface area contributed by atoms with Gasteiger partial charge in [-0.05, 0) is 30.9 Å². The van der Waals surface area contributed by atoms with E-state index in [2.05, 4.69) is 0 Å². The van der Waals surface area contributed by atoms with E-state index in [0.717, 1.165) is 10.6 Å². The third kappa shape index (κ3) is 1.98. The maximum absolute atomic E-state index is 11.9. The Bertz CT molecular complexity index is 347. The molecule has 0 spiro atoms. The Morgan fingerprint density at radius 3 is 2.64 bits per heavy atom. The molecular weight excluding hydrogens is 194 g/mol. The van der Waals surface area contributed by atoms with Gasteiger partial charge < -0.3 is 5.73 Å². The molecule has 2 N–H and O–H groups in total. The van der Waals surface area contributed by atoms with Crippen molar-refractivity contribution in [2.75, 3.05) is 11.5 Å². The van der Waals surface area contributed by atoms with E-state index in [1.165, 1.54) is 19.3 Å². The van der Waals surface area contributed by atoms with Crippen LogP contribution in [0.25, 0.3) is 0 Å². The Balaban J connectivity index is 2.06. The lowest BCUT2D eigenvalue weighted by atomic mass is 9.87. The first kappa shape index (κ1) is 9.71. The van der Waals surface area contributed by atoms with E-state index < -0.39 is 10.8 Å². The minimum absolute atomic E-state index is 0.658. The maximum atomic E-state index is 11.9. The van der Waals surface area contributed by atoms with Crippen LogP contribution in [-0.2, 0) is 10.8 Å². The number of para-hydroxylation sites is 1. The van der Waals surface area contributed by atoms with Crippen LogP contribution in [0.5, 0.6) is 0 Å². The summed E-state index contributed by atoms with van der Waals surface area (Å²) in [7, 11) is -0.899. The largest absolute Gasteiger partial charge is 0.398 e. The molecule has 0 radical (unpaired) electrons. The second-order valence-electron chi connectivity index (χ2n) is 3.85. The van der Waals surface area contributed by atoms with Gasteiger partial charge in [0.15, 0.2) is 0 Å². The number of nitrogen functional groups attached to an aromatic ring is 1. The van der Waals surface area contributed by atoms with E-state index in [4.69, 9.17) is 5.73 Å². The summed E-state index contributed by atoms with van der Waals surface area (Å²) in [6.07, 6.45) is 3.77. The summed E-state index contributed by atoms with van der Waals surface area (Å²) >= 11 is 0. The smallest absolute Gasteiger partial charge is 0.0617 e. The van der Waals surface area contributed by atoms with Crippen LogP contribution in [0, 0.1) is 5.92 Å². The summed E-state index contributed by atoms with van der Waals surface area (Å²) in [5.41, 5.74) is 6.42. The highest BCUT2D eigenvalue weighted by atomic mass is 32.2. The fraction of sp³-hybridized carbons (Fsp3) is 0.455. The van der Waals surface area contributed by atoms with Gasteiger partial charge in [-0.2, -0.15) is 0 Å². The topological polar surface area (TPSA) is 43.1 Å². The molecule has 1 saturated carbocycles. The van der Waals surface area contributed by atoms with Crippen LogP contribution in [0.2, 0.25) is 0 Å². The van der Waals surface area contributed by atoms with Gasteiger partial charge in [0.2, 0.25) is 0 Å². The average Bonchev–Trinajstić information content (AvgIpc) is 2.12. The normalized spacial score (nSPS) is 18.9. The molecule has 0 saturated heterocycles. The van der Waals surface area contributed by atoms with E-state index in [1.54, 1.807) is 0 Å². The summed E-state index contributed by atoms with van der Waals surface area (Å²) in [5.74, 6) is 1.45. The van der Waals surface area contributed by atoms with Crippen LogP contribution >= 0.6 is 0 Å². The number of nitrogens with two attached hydrogens (primary N) is 1. The number of hydrogen-bond acceptors (Lipinski definition) is 2. The van der Waals surface area contributed by atoms with Gasteiger partial charge in [-0.25, -0.2) is 0 Å². The molecule has 0 heterocycles. The Hall–Kier alpha value is -0.830. The lowest BCUT2D eigenvalue weighted by molar-refractivity contribution is 0.350. The molecule has 0 bridgehead atoms. The molecule has 1 unspecified atom stereocenters. The summed E-state index contributed by atoms with van der Waals surface area (Å²) in [6.45, 7) is 0. The van der Waals surface area contributed by atoms with Crippen molar-refractivity contribution in [3.63, 3.8) is 0 Å². The van der Waals surface area contributed by atoms with Crippen LogP contribution in [0.4, 0.5) is 5.69 Å². The van der Waals surface area contributed by atoms with Crippen molar-refractivity contribution in [2.24, 2.45) is 5.92 Å². The van der Waals surface area contributed by atoms with E-state index in [0.29, 0.717) is 11.6 Å². The molecule has 2 rings (SSSR count). The van der Waals surface area contributed by atoms with Crippen LogP contribution in [0.3, 0.4) is 0 Å². The molecule has 1 aliphatic carbocycles.